The topological polar surface area (TPSA) is 78.0 Å². The van der Waals surface area contributed by atoms with Crippen molar-refractivity contribution in [2.24, 2.45) is 0 Å². The van der Waals surface area contributed by atoms with E-state index in [9.17, 15) is 8.42 Å². The Morgan fingerprint density at radius 1 is 1.57 bits per heavy atom. The zero-order valence-corrected chi connectivity index (χ0v) is 9.37. The minimum atomic E-state index is -3.33. The van der Waals surface area contributed by atoms with Crippen LogP contribution in [0.1, 0.15) is 20.8 Å². The molecule has 0 spiro atoms. The first-order valence-electron chi connectivity index (χ1n) is 4.46. The molecule has 0 fully saturated rings. The number of hydrogen-bond acceptors (Lipinski definition) is 4. The molecule has 14 heavy (non-hydrogen) atoms. The number of sulfone groups is 1. The third-order valence-electron chi connectivity index (χ3n) is 2.04. The molecular weight excluding hydrogens is 202 g/mol. The Hall–Kier alpha value is -1.04. The van der Waals surface area contributed by atoms with Crippen LogP contribution in [0.5, 0.6) is 0 Å². The highest BCUT2D eigenvalue weighted by atomic mass is 32.2. The summed E-state index contributed by atoms with van der Waals surface area (Å²) >= 11 is 0. The molecule has 0 bridgehead atoms. The Morgan fingerprint density at radius 2 is 2.14 bits per heavy atom. The van der Waals surface area contributed by atoms with Gasteiger partial charge in [0.1, 0.15) is 5.82 Å². The second-order valence-corrected chi connectivity index (χ2v) is 5.70. The first-order chi connectivity index (χ1) is 6.41. The van der Waals surface area contributed by atoms with Crippen LogP contribution in [0.25, 0.3) is 0 Å². The van der Waals surface area contributed by atoms with E-state index < -0.39 is 15.1 Å². The van der Waals surface area contributed by atoms with Crippen LogP contribution >= 0.6 is 0 Å². The molecule has 0 aliphatic rings. The van der Waals surface area contributed by atoms with E-state index in [1.807, 2.05) is 6.92 Å². The molecule has 0 aliphatic carbocycles. The fourth-order valence-electron chi connectivity index (χ4n) is 1.13. The normalized spacial score (nSPS) is 12.3. The number of rotatable bonds is 3. The summed E-state index contributed by atoms with van der Waals surface area (Å²) < 4.78 is 25.1. The van der Waals surface area contributed by atoms with Gasteiger partial charge in [-0.1, -0.05) is 0 Å². The number of nitrogen functional groups attached to an aromatic ring is 1. The van der Waals surface area contributed by atoms with Crippen LogP contribution in [0.15, 0.2) is 11.4 Å². The SMILES string of the molecule is CCn1c(N)cnc1S(=O)(=O)C(C)C. The maximum absolute atomic E-state index is 11.8. The molecule has 1 aromatic heterocycles. The van der Waals surface area contributed by atoms with Crippen LogP contribution in [0.3, 0.4) is 0 Å². The molecule has 0 radical (unpaired) electrons. The van der Waals surface area contributed by atoms with Gasteiger partial charge in [0.25, 0.3) is 0 Å². The van der Waals surface area contributed by atoms with Gasteiger partial charge >= 0.3 is 0 Å². The first kappa shape index (κ1) is 11.0. The average Bonchev–Trinajstić information content (AvgIpc) is 2.46. The van der Waals surface area contributed by atoms with E-state index in [1.165, 1.54) is 10.8 Å². The molecule has 1 heterocycles. The van der Waals surface area contributed by atoms with E-state index in [4.69, 9.17) is 5.73 Å². The molecule has 0 unspecified atom stereocenters. The molecule has 6 heteroatoms. The summed E-state index contributed by atoms with van der Waals surface area (Å²) in [5, 5.41) is -0.415. The van der Waals surface area contributed by atoms with Crippen molar-refractivity contribution < 1.29 is 8.42 Å². The minimum Gasteiger partial charge on any atom is -0.384 e. The van der Waals surface area contributed by atoms with Crippen LogP contribution < -0.4 is 5.73 Å². The molecular formula is C8H15N3O2S. The van der Waals surface area contributed by atoms with Gasteiger partial charge in [-0.3, -0.25) is 0 Å². The smallest absolute Gasteiger partial charge is 0.229 e. The highest BCUT2D eigenvalue weighted by Crippen LogP contribution is 2.17. The fourth-order valence-corrected chi connectivity index (χ4v) is 2.29. The van der Waals surface area contributed by atoms with Gasteiger partial charge in [-0.05, 0) is 20.8 Å². The zero-order valence-electron chi connectivity index (χ0n) is 8.56. The van der Waals surface area contributed by atoms with Crippen LogP contribution in [-0.2, 0) is 16.4 Å². The van der Waals surface area contributed by atoms with E-state index in [0.717, 1.165) is 0 Å². The Kier molecular flexibility index (Phi) is 2.84. The molecule has 2 N–H and O–H groups in total. The molecule has 1 rings (SSSR count). The van der Waals surface area contributed by atoms with Crippen molar-refractivity contribution in [1.82, 2.24) is 9.55 Å². The van der Waals surface area contributed by atoms with Crippen LogP contribution in [0, 0.1) is 0 Å². The van der Waals surface area contributed by atoms with E-state index >= 15 is 0 Å². The molecule has 0 saturated heterocycles. The molecule has 0 aliphatic heterocycles. The molecule has 0 aromatic carbocycles. The second-order valence-electron chi connectivity index (χ2n) is 3.30. The van der Waals surface area contributed by atoms with Gasteiger partial charge in [0.05, 0.1) is 11.4 Å². The van der Waals surface area contributed by atoms with Crippen molar-refractivity contribution in [3.05, 3.63) is 6.20 Å². The van der Waals surface area contributed by atoms with Crippen LogP contribution in [0.4, 0.5) is 5.82 Å². The summed E-state index contributed by atoms with van der Waals surface area (Å²) in [4.78, 5) is 3.83. The highest BCUT2D eigenvalue weighted by Gasteiger charge is 2.25. The van der Waals surface area contributed by atoms with Gasteiger partial charge in [-0.25, -0.2) is 13.4 Å². The summed E-state index contributed by atoms with van der Waals surface area (Å²) in [6, 6.07) is 0. The first-order valence-corrected chi connectivity index (χ1v) is 6.00. The van der Waals surface area contributed by atoms with Crippen molar-refractivity contribution in [2.75, 3.05) is 5.73 Å². The predicted molar refractivity (Wildman–Crippen MR) is 54.6 cm³/mol. The minimum absolute atomic E-state index is 0.0625. The van der Waals surface area contributed by atoms with Gasteiger partial charge in [0.2, 0.25) is 15.0 Å². The molecule has 0 amide bonds. The summed E-state index contributed by atoms with van der Waals surface area (Å²) in [5.41, 5.74) is 5.58. The van der Waals surface area contributed by atoms with Crippen LogP contribution in [-0.4, -0.2) is 23.2 Å². The summed E-state index contributed by atoms with van der Waals surface area (Å²) in [5.74, 6) is 0.381. The van der Waals surface area contributed by atoms with Crippen molar-refractivity contribution in [1.29, 1.82) is 0 Å². The van der Waals surface area contributed by atoms with Gasteiger partial charge in [0, 0.05) is 6.54 Å². The number of nitrogens with zero attached hydrogens (tertiary/aromatic N) is 2. The molecule has 1 aromatic rings. The fraction of sp³-hybridized carbons (Fsp3) is 0.625. The van der Waals surface area contributed by atoms with E-state index in [2.05, 4.69) is 4.98 Å². The molecule has 5 nitrogen and oxygen atoms in total. The number of imidazole rings is 1. The standard InChI is InChI=1S/C8H15N3O2S/c1-4-11-7(9)5-10-8(11)14(12,13)6(2)3/h5-6H,4,9H2,1-3H3. The van der Waals surface area contributed by atoms with E-state index in [1.54, 1.807) is 13.8 Å². The Bertz CT molecular complexity index is 420. The zero-order chi connectivity index (χ0) is 10.9. The lowest BCUT2D eigenvalue weighted by molar-refractivity contribution is 0.562. The predicted octanol–water partition coefficient (Wildman–Crippen LogP) is 0.667. The molecule has 0 atom stereocenters. The summed E-state index contributed by atoms with van der Waals surface area (Å²) in [6.45, 7) is 5.59. The lowest BCUT2D eigenvalue weighted by Crippen LogP contribution is -2.19. The average molecular weight is 217 g/mol. The quantitative estimate of drug-likeness (QED) is 0.807. The molecule has 0 saturated carbocycles. The lowest BCUT2D eigenvalue weighted by atomic mass is 10.6. The Balaban J connectivity index is 3.33. The monoisotopic (exact) mass is 217 g/mol. The van der Waals surface area contributed by atoms with Crippen molar-refractivity contribution in [3.8, 4) is 0 Å². The lowest BCUT2D eigenvalue weighted by Gasteiger charge is -2.09. The number of nitrogens with two attached hydrogens (primary N) is 1. The maximum Gasteiger partial charge on any atom is 0.229 e. The van der Waals surface area contributed by atoms with Crippen LogP contribution in [0.2, 0.25) is 0 Å². The number of hydrogen-bond donors (Lipinski definition) is 1. The van der Waals surface area contributed by atoms with Gasteiger partial charge in [-0.2, -0.15) is 0 Å². The number of aromatic nitrogens is 2. The van der Waals surface area contributed by atoms with Crippen molar-refractivity contribution in [2.45, 2.75) is 37.7 Å². The largest absolute Gasteiger partial charge is 0.384 e. The highest BCUT2D eigenvalue weighted by molar-refractivity contribution is 7.91. The Labute approximate surface area is 83.9 Å². The third-order valence-corrected chi connectivity index (χ3v) is 4.12. The second kappa shape index (κ2) is 3.61. The third kappa shape index (κ3) is 1.61. The summed E-state index contributed by atoms with van der Waals surface area (Å²) in [6.07, 6.45) is 1.37. The van der Waals surface area contributed by atoms with Crippen molar-refractivity contribution >= 4 is 15.7 Å². The van der Waals surface area contributed by atoms with E-state index in [-0.39, 0.29) is 5.16 Å². The van der Waals surface area contributed by atoms with Gasteiger partial charge in [-0.15, -0.1) is 0 Å². The Morgan fingerprint density at radius 3 is 2.57 bits per heavy atom. The van der Waals surface area contributed by atoms with Crippen molar-refractivity contribution in [3.63, 3.8) is 0 Å². The van der Waals surface area contributed by atoms with E-state index in [0.29, 0.717) is 12.4 Å². The number of anilines is 1. The van der Waals surface area contributed by atoms with Gasteiger partial charge in [0.15, 0.2) is 0 Å². The maximum atomic E-state index is 11.8. The molecule has 80 valence electrons. The summed E-state index contributed by atoms with van der Waals surface area (Å²) in [7, 11) is -3.33. The van der Waals surface area contributed by atoms with Gasteiger partial charge < -0.3 is 10.3 Å².